The van der Waals surface area contributed by atoms with Gasteiger partial charge >= 0.3 is 0 Å². The van der Waals surface area contributed by atoms with Crippen LogP contribution < -0.4 is 0 Å². The van der Waals surface area contributed by atoms with E-state index in [0.29, 0.717) is 11.5 Å². The van der Waals surface area contributed by atoms with Crippen LogP contribution in [0, 0.1) is 13.8 Å². The molecule has 6 nitrogen and oxygen atoms in total. The van der Waals surface area contributed by atoms with Gasteiger partial charge in [-0.1, -0.05) is 35.5 Å². The topological polar surface area (TPSA) is 76.3 Å². The van der Waals surface area contributed by atoms with Crippen LogP contribution in [-0.4, -0.2) is 29.9 Å². The molecule has 8 heteroatoms. The van der Waals surface area contributed by atoms with Crippen molar-refractivity contribution in [2.75, 3.05) is 7.05 Å². The number of rotatable bonds is 6. The standard InChI is InChI=1S/C17H19N3O3S2/c1-12-17(13(2)23-19-12)25(21,22)20(3)10-15-11-24-16(18-15)9-14-7-5-4-6-8-14/h4-8,11H,9-10H2,1-3H3. The van der Waals surface area contributed by atoms with E-state index in [1.165, 1.54) is 28.3 Å². The van der Waals surface area contributed by atoms with Gasteiger partial charge in [0.05, 0.1) is 17.2 Å². The Kier molecular flexibility index (Phi) is 5.03. The minimum absolute atomic E-state index is 0.134. The molecule has 132 valence electrons. The lowest BCUT2D eigenvalue weighted by molar-refractivity contribution is 0.389. The predicted molar refractivity (Wildman–Crippen MR) is 96.0 cm³/mol. The minimum atomic E-state index is -3.66. The van der Waals surface area contributed by atoms with Crippen molar-refractivity contribution in [3.8, 4) is 0 Å². The average molecular weight is 377 g/mol. The predicted octanol–water partition coefficient (Wildman–Crippen LogP) is 3.16. The van der Waals surface area contributed by atoms with Crippen molar-refractivity contribution < 1.29 is 12.9 Å². The Bertz CT molecular complexity index is 943. The monoisotopic (exact) mass is 377 g/mol. The van der Waals surface area contributed by atoms with Crippen molar-refractivity contribution >= 4 is 21.4 Å². The second-order valence-corrected chi connectivity index (χ2v) is 8.73. The van der Waals surface area contributed by atoms with Gasteiger partial charge in [0, 0.05) is 18.8 Å². The van der Waals surface area contributed by atoms with Crippen LogP contribution in [0.4, 0.5) is 0 Å². The Labute approximate surface area is 151 Å². The number of thiazole rings is 1. The van der Waals surface area contributed by atoms with Crippen LogP contribution in [0.15, 0.2) is 45.1 Å². The molecule has 25 heavy (non-hydrogen) atoms. The summed E-state index contributed by atoms with van der Waals surface area (Å²) in [7, 11) is -2.12. The smallest absolute Gasteiger partial charge is 0.248 e. The first-order chi connectivity index (χ1) is 11.9. The van der Waals surface area contributed by atoms with Gasteiger partial charge in [-0.2, -0.15) is 4.31 Å². The summed E-state index contributed by atoms with van der Waals surface area (Å²) < 4.78 is 31.7. The number of benzene rings is 1. The zero-order chi connectivity index (χ0) is 18.0. The Morgan fingerprint density at radius 2 is 1.92 bits per heavy atom. The molecule has 0 unspecified atom stereocenters. The molecule has 3 aromatic rings. The zero-order valence-electron chi connectivity index (χ0n) is 14.3. The molecule has 0 amide bonds. The van der Waals surface area contributed by atoms with Crippen LogP contribution in [0.2, 0.25) is 0 Å². The zero-order valence-corrected chi connectivity index (χ0v) is 15.9. The van der Waals surface area contributed by atoms with E-state index in [1.54, 1.807) is 13.8 Å². The Hall–Kier alpha value is -2.03. The fourth-order valence-corrected chi connectivity index (χ4v) is 4.83. The van der Waals surface area contributed by atoms with Crippen LogP contribution in [0.3, 0.4) is 0 Å². The Balaban J connectivity index is 1.74. The number of aryl methyl sites for hydroxylation is 2. The molecule has 0 saturated heterocycles. The molecule has 0 bridgehead atoms. The lowest BCUT2D eigenvalue weighted by Crippen LogP contribution is -2.27. The summed E-state index contributed by atoms with van der Waals surface area (Å²) in [6.45, 7) is 3.43. The lowest BCUT2D eigenvalue weighted by Gasteiger charge is -2.15. The third-order valence-electron chi connectivity index (χ3n) is 3.82. The molecule has 0 atom stereocenters. The molecule has 0 spiro atoms. The molecule has 0 N–H and O–H groups in total. The van der Waals surface area contributed by atoms with Crippen LogP contribution in [-0.2, 0) is 23.0 Å². The summed E-state index contributed by atoms with van der Waals surface area (Å²) in [4.78, 5) is 4.69. The third-order valence-corrected chi connectivity index (χ3v) is 6.76. The van der Waals surface area contributed by atoms with Gasteiger partial charge in [-0.25, -0.2) is 13.4 Å². The SMILES string of the molecule is Cc1noc(C)c1S(=O)(=O)N(C)Cc1csc(Cc2ccccc2)n1. The molecule has 1 aromatic carbocycles. The first-order valence-corrected chi connectivity index (χ1v) is 10.1. The number of hydrogen-bond acceptors (Lipinski definition) is 6. The second kappa shape index (κ2) is 7.07. The fraction of sp³-hybridized carbons (Fsp3) is 0.294. The summed E-state index contributed by atoms with van der Waals surface area (Å²) in [5.41, 5.74) is 2.28. The van der Waals surface area contributed by atoms with Gasteiger partial charge in [-0.15, -0.1) is 11.3 Å². The van der Waals surface area contributed by atoms with Crippen molar-refractivity contribution in [2.45, 2.75) is 31.7 Å². The highest BCUT2D eigenvalue weighted by molar-refractivity contribution is 7.89. The summed E-state index contributed by atoms with van der Waals surface area (Å²) in [6, 6.07) is 10.1. The maximum Gasteiger partial charge on any atom is 0.248 e. The van der Waals surface area contributed by atoms with E-state index in [-0.39, 0.29) is 11.4 Å². The summed E-state index contributed by atoms with van der Waals surface area (Å²) in [5.74, 6) is 0.299. The van der Waals surface area contributed by atoms with Crippen molar-refractivity contribution in [1.82, 2.24) is 14.4 Å². The number of sulfonamides is 1. The summed E-state index contributed by atoms with van der Waals surface area (Å²) in [6.07, 6.45) is 0.742. The molecule has 3 rings (SSSR count). The van der Waals surface area contributed by atoms with Gasteiger partial charge < -0.3 is 4.52 Å². The molecule has 0 aliphatic rings. The second-order valence-electron chi connectivity index (χ2n) is 5.81. The highest BCUT2D eigenvalue weighted by Crippen LogP contribution is 2.24. The van der Waals surface area contributed by atoms with Crippen molar-refractivity contribution in [2.24, 2.45) is 0 Å². The maximum absolute atomic E-state index is 12.7. The summed E-state index contributed by atoms with van der Waals surface area (Å²) in [5, 5.41) is 6.59. The Morgan fingerprint density at radius 3 is 2.56 bits per heavy atom. The van der Waals surface area contributed by atoms with Crippen LogP contribution in [0.25, 0.3) is 0 Å². The van der Waals surface area contributed by atoms with Gasteiger partial charge in [-0.05, 0) is 19.4 Å². The molecule has 2 heterocycles. The van der Waals surface area contributed by atoms with Crippen molar-refractivity contribution in [1.29, 1.82) is 0 Å². The quantitative estimate of drug-likeness (QED) is 0.659. The van der Waals surface area contributed by atoms with E-state index < -0.39 is 10.0 Å². The van der Waals surface area contributed by atoms with E-state index in [1.807, 2.05) is 23.6 Å². The number of hydrogen-bond donors (Lipinski definition) is 0. The van der Waals surface area contributed by atoms with Crippen LogP contribution in [0.5, 0.6) is 0 Å². The van der Waals surface area contributed by atoms with Gasteiger partial charge in [0.25, 0.3) is 0 Å². The fourth-order valence-electron chi connectivity index (χ4n) is 2.59. The van der Waals surface area contributed by atoms with E-state index >= 15 is 0 Å². The van der Waals surface area contributed by atoms with E-state index in [9.17, 15) is 8.42 Å². The molecule has 0 aliphatic carbocycles. The first-order valence-electron chi connectivity index (χ1n) is 7.74. The Morgan fingerprint density at radius 1 is 1.20 bits per heavy atom. The largest absolute Gasteiger partial charge is 0.360 e. The minimum Gasteiger partial charge on any atom is -0.360 e. The molecular weight excluding hydrogens is 358 g/mol. The molecule has 2 aromatic heterocycles. The van der Waals surface area contributed by atoms with E-state index in [0.717, 1.165) is 17.1 Å². The van der Waals surface area contributed by atoms with Gasteiger partial charge in [-0.3, -0.25) is 0 Å². The summed E-state index contributed by atoms with van der Waals surface area (Å²) >= 11 is 1.54. The third kappa shape index (κ3) is 3.81. The molecule has 0 aliphatic heterocycles. The normalized spacial score (nSPS) is 12.0. The highest BCUT2D eigenvalue weighted by atomic mass is 32.2. The molecule has 0 saturated carbocycles. The number of aromatic nitrogens is 2. The van der Waals surface area contributed by atoms with Crippen LogP contribution >= 0.6 is 11.3 Å². The molecular formula is C17H19N3O3S2. The van der Waals surface area contributed by atoms with E-state index in [4.69, 9.17) is 4.52 Å². The van der Waals surface area contributed by atoms with Gasteiger partial charge in [0.1, 0.15) is 10.6 Å². The van der Waals surface area contributed by atoms with Crippen molar-refractivity contribution in [3.05, 3.63) is 63.4 Å². The van der Waals surface area contributed by atoms with Gasteiger partial charge in [0.2, 0.25) is 10.0 Å². The van der Waals surface area contributed by atoms with Gasteiger partial charge in [0.15, 0.2) is 5.76 Å². The maximum atomic E-state index is 12.7. The number of nitrogens with zero attached hydrogens (tertiary/aromatic N) is 3. The highest BCUT2D eigenvalue weighted by Gasteiger charge is 2.29. The average Bonchev–Trinajstić information content (AvgIpc) is 3.14. The lowest BCUT2D eigenvalue weighted by atomic mass is 10.2. The van der Waals surface area contributed by atoms with E-state index in [2.05, 4.69) is 22.3 Å². The molecule has 0 radical (unpaired) electrons. The molecule has 0 fully saturated rings. The van der Waals surface area contributed by atoms with Crippen molar-refractivity contribution in [3.63, 3.8) is 0 Å². The first kappa shape index (κ1) is 17.8. The van der Waals surface area contributed by atoms with Crippen LogP contribution in [0.1, 0.15) is 27.7 Å².